The van der Waals surface area contributed by atoms with Gasteiger partial charge in [0.1, 0.15) is 0 Å². The number of amides is 2. The van der Waals surface area contributed by atoms with Crippen LogP contribution in [0.5, 0.6) is 0 Å². The molecule has 1 aromatic carbocycles. The first-order chi connectivity index (χ1) is 11.0. The molecule has 2 aromatic rings. The molecule has 1 aliphatic heterocycles. The molecular formula is C18H17NO2S2. The highest BCUT2D eigenvalue weighted by molar-refractivity contribution is 8.04. The Morgan fingerprint density at radius 1 is 1.09 bits per heavy atom. The molecule has 0 unspecified atom stereocenters. The molecule has 5 heteroatoms. The summed E-state index contributed by atoms with van der Waals surface area (Å²) in [4.78, 5) is 28.5. The number of imide groups is 1. The minimum atomic E-state index is -0.225. The summed E-state index contributed by atoms with van der Waals surface area (Å²) in [6.07, 6.45) is 0. The molecule has 0 saturated heterocycles. The standard InChI is InChI=1S/C18H17NO2S2/c1-4-22-16-15(14-6-5-9-23-14)17(20)19(18(16)21)13-8-7-11(2)12(3)10-13/h5-10H,4H2,1-3H3. The maximum atomic E-state index is 12.9. The third-order valence-electron chi connectivity index (χ3n) is 3.85. The Balaban J connectivity index is 2.08. The van der Waals surface area contributed by atoms with Crippen molar-refractivity contribution in [3.8, 4) is 0 Å². The molecule has 0 N–H and O–H groups in total. The second-order valence-electron chi connectivity index (χ2n) is 5.33. The average Bonchev–Trinajstić information content (AvgIpc) is 3.11. The van der Waals surface area contributed by atoms with E-state index in [-0.39, 0.29) is 11.8 Å². The number of thioether (sulfide) groups is 1. The van der Waals surface area contributed by atoms with Crippen LogP contribution in [0.2, 0.25) is 0 Å². The molecule has 0 spiro atoms. The van der Waals surface area contributed by atoms with Gasteiger partial charge in [0.15, 0.2) is 0 Å². The number of anilines is 1. The van der Waals surface area contributed by atoms with Crippen LogP contribution in [0.1, 0.15) is 22.9 Å². The number of thiophene rings is 1. The highest BCUT2D eigenvalue weighted by Crippen LogP contribution is 2.39. The van der Waals surface area contributed by atoms with Gasteiger partial charge in [0.2, 0.25) is 0 Å². The fourth-order valence-electron chi connectivity index (χ4n) is 2.53. The lowest BCUT2D eigenvalue weighted by atomic mass is 10.1. The Bertz CT molecular complexity index is 806. The van der Waals surface area contributed by atoms with Gasteiger partial charge in [-0.1, -0.05) is 19.1 Å². The Kier molecular flexibility index (Phi) is 4.41. The lowest BCUT2D eigenvalue weighted by Gasteiger charge is -2.16. The number of carbonyl (C=O) groups is 2. The van der Waals surface area contributed by atoms with E-state index in [0.29, 0.717) is 16.2 Å². The highest BCUT2D eigenvalue weighted by atomic mass is 32.2. The number of aryl methyl sites for hydroxylation is 2. The van der Waals surface area contributed by atoms with Crippen LogP contribution in [0.15, 0.2) is 40.6 Å². The lowest BCUT2D eigenvalue weighted by Crippen LogP contribution is -2.31. The summed E-state index contributed by atoms with van der Waals surface area (Å²) in [7, 11) is 0. The zero-order valence-electron chi connectivity index (χ0n) is 13.3. The van der Waals surface area contributed by atoms with E-state index < -0.39 is 0 Å². The van der Waals surface area contributed by atoms with E-state index >= 15 is 0 Å². The van der Waals surface area contributed by atoms with Gasteiger partial charge < -0.3 is 0 Å². The predicted octanol–water partition coefficient (Wildman–Crippen LogP) is 4.40. The zero-order valence-corrected chi connectivity index (χ0v) is 14.9. The van der Waals surface area contributed by atoms with E-state index in [1.54, 1.807) is 0 Å². The van der Waals surface area contributed by atoms with Gasteiger partial charge >= 0.3 is 0 Å². The van der Waals surface area contributed by atoms with Crippen molar-refractivity contribution < 1.29 is 9.59 Å². The summed E-state index contributed by atoms with van der Waals surface area (Å²) < 4.78 is 0. The van der Waals surface area contributed by atoms with Gasteiger partial charge in [0.25, 0.3) is 11.8 Å². The first-order valence-corrected chi connectivity index (χ1v) is 9.28. The van der Waals surface area contributed by atoms with E-state index in [1.807, 2.05) is 56.5 Å². The first kappa shape index (κ1) is 16.0. The molecule has 0 aliphatic carbocycles. The van der Waals surface area contributed by atoms with Crippen LogP contribution in [-0.2, 0) is 9.59 Å². The van der Waals surface area contributed by atoms with Crippen LogP contribution in [0, 0.1) is 13.8 Å². The normalized spacial score (nSPS) is 15.0. The van der Waals surface area contributed by atoms with E-state index in [0.717, 1.165) is 21.8 Å². The van der Waals surface area contributed by atoms with Gasteiger partial charge in [-0.05, 0) is 54.3 Å². The van der Waals surface area contributed by atoms with Crippen LogP contribution in [-0.4, -0.2) is 17.6 Å². The van der Waals surface area contributed by atoms with Crippen molar-refractivity contribution in [1.29, 1.82) is 0 Å². The molecule has 1 aromatic heterocycles. The summed E-state index contributed by atoms with van der Waals surface area (Å²) in [5, 5.41) is 1.92. The summed E-state index contributed by atoms with van der Waals surface area (Å²) in [5.41, 5.74) is 3.39. The van der Waals surface area contributed by atoms with Crippen molar-refractivity contribution in [3.63, 3.8) is 0 Å². The molecule has 0 bridgehead atoms. The Labute approximate surface area is 144 Å². The number of nitrogens with zero attached hydrogens (tertiary/aromatic N) is 1. The summed E-state index contributed by atoms with van der Waals surface area (Å²) in [6.45, 7) is 5.99. The van der Waals surface area contributed by atoms with Crippen LogP contribution in [0.25, 0.3) is 5.57 Å². The molecule has 0 atom stereocenters. The monoisotopic (exact) mass is 343 g/mol. The van der Waals surface area contributed by atoms with Crippen molar-refractivity contribution in [1.82, 2.24) is 0 Å². The van der Waals surface area contributed by atoms with E-state index in [9.17, 15) is 9.59 Å². The fraction of sp³-hybridized carbons (Fsp3) is 0.222. The molecule has 0 saturated carbocycles. The third kappa shape index (κ3) is 2.75. The Morgan fingerprint density at radius 3 is 2.48 bits per heavy atom. The number of rotatable bonds is 4. The molecule has 2 heterocycles. The molecule has 2 amide bonds. The van der Waals surface area contributed by atoms with Crippen LogP contribution >= 0.6 is 23.1 Å². The van der Waals surface area contributed by atoms with Gasteiger partial charge in [-0.3, -0.25) is 9.59 Å². The second-order valence-corrected chi connectivity index (χ2v) is 7.55. The van der Waals surface area contributed by atoms with Crippen molar-refractivity contribution >= 4 is 46.2 Å². The van der Waals surface area contributed by atoms with Crippen molar-refractivity contribution in [2.45, 2.75) is 20.8 Å². The molecule has 0 radical (unpaired) electrons. The highest BCUT2D eigenvalue weighted by Gasteiger charge is 2.40. The Morgan fingerprint density at radius 2 is 1.87 bits per heavy atom. The largest absolute Gasteiger partial charge is 0.272 e. The molecule has 1 aliphatic rings. The number of benzene rings is 1. The lowest BCUT2D eigenvalue weighted by molar-refractivity contribution is -0.119. The van der Waals surface area contributed by atoms with Gasteiger partial charge in [-0.15, -0.1) is 23.1 Å². The number of hydrogen-bond donors (Lipinski definition) is 0. The van der Waals surface area contributed by atoms with Crippen molar-refractivity contribution in [3.05, 3.63) is 56.6 Å². The topological polar surface area (TPSA) is 37.4 Å². The molecule has 0 fully saturated rings. The maximum absolute atomic E-state index is 12.9. The fourth-order valence-corrected chi connectivity index (χ4v) is 4.20. The molecule has 118 valence electrons. The summed E-state index contributed by atoms with van der Waals surface area (Å²) in [5.74, 6) is 0.314. The van der Waals surface area contributed by atoms with E-state index in [2.05, 4.69) is 0 Å². The quantitative estimate of drug-likeness (QED) is 0.772. The summed E-state index contributed by atoms with van der Waals surface area (Å²) >= 11 is 2.92. The van der Waals surface area contributed by atoms with Gasteiger partial charge in [-0.2, -0.15) is 0 Å². The zero-order chi connectivity index (χ0) is 16.6. The van der Waals surface area contributed by atoms with Gasteiger partial charge in [0, 0.05) is 4.88 Å². The molecule has 3 nitrogen and oxygen atoms in total. The predicted molar refractivity (Wildman–Crippen MR) is 97.8 cm³/mol. The van der Waals surface area contributed by atoms with E-state index in [4.69, 9.17) is 0 Å². The third-order valence-corrected chi connectivity index (χ3v) is 5.69. The maximum Gasteiger partial charge on any atom is 0.272 e. The second kappa shape index (κ2) is 6.34. The SMILES string of the molecule is CCSC1=C(c2cccs2)C(=O)N(c2ccc(C)c(C)c2)C1=O. The smallest absolute Gasteiger partial charge is 0.268 e. The van der Waals surface area contributed by atoms with E-state index in [1.165, 1.54) is 28.0 Å². The van der Waals surface area contributed by atoms with Crippen LogP contribution < -0.4 is 4.90 Å². The van der Waals surface area contributed by atoms with Gasteiger partial charge in [0.05, 0.1) is 16.2 Å². The van der Waals surface area contributed by atoms with Crippen molar-refractivity contribution in [2.75, 3.05) is 10.7 Å². The minimum Gasteiger partial charge on any atom is -0.268 e. The molecule has 23 heavy (non-hydrogen) atoms. The van der Waals surface area contributed by atoms with Gasteiger partial charge in [-0.25, -0.2) is 4.90 Å². The molecular weight excluding hydrogens is 326 g/mol. The summed E-state index contributed by atoms with van der Waals surface area (Å²) in [6, 6.07) is 9.48. The minimum absolute atomic E-state index is 0.214. The molecule has 3 rings (SSSR count). The Hall–Kier alpha value is -1.85. The van der Waals surface area contributed by atoms with Crippen LogP contribution in [0.3, 0.4) is 0 Å². The number of carbonyl (C=O) groups excluding carboxylic acids is 2. The van der Waals surface area contributed by atoms with Crippen LogP contribution in [0.4, 0.5) is 5.69 Å². The average molecular weight is 343 g/mol. The van der Waals surface area contributed by atoms with Crippen molar-refractivity contribution in [2.24, 2.45) is 0 Å². The first-order valence-electron chi connectivity index (χ1n) is 7.41. The number of hydrogen-bond acceptors (Lipinski definition) is 4.